The molecule has 2 aromatic rings. The molecule has 1 atom stereocenters. The van der Waals surface area contributed by atoms with Crippen molar-refractivity contribution < 1.29 is 24.4 Å². The summed E-state index contributed by atoms with van der Waals surface area (Å²) in [6.07, 6.45) is 1.35. The summed E-state index contributed by atoms with van der Waals surface area (Å²) in [7, 11) is 0. The SMILES string of the molecule is Cc1cc(C)c(NC(=O)C[C@@H]([NH2+]Cc2ccco2)C(=O)[O-])c(C)c1. The molecule has 0 bridgehead atoms. The topological polar surface area (TPSA) is 99.0 Å². The zero-order valence-corrected chi connectivity index (χ0v) is 14.1. The highest BCUT2D eigenvalue weighted by Crippen LogP contribution is 2.22. The Morgan fingerprint density at radius 3 is 2.46 bits per heavy atom. The highest BCUT2D eigenvalue weighted by Gasteiger charge is 2.20. The molecular weight excluding hydrogens is 308 g/mol. The number of anilines is 1. The lowest BCUT2D eigenvalue weighted by Gasteiger charge is -2.17. The van der Waals surface area contributed by atoms with Crippen LogP contribution in [0.2, 0.25) is 0 Å². The Kier molecular flexibility index (Phi) is 5.76. The van der Waals surface area contributed by atoms with E-state index < -0.39 is 12.0 Å². The van der Waals surface area contributed by atoms with Crippen molar-refractivity contribution in [3.63, 3.8) is 0 Å². The Hall–Kier alpha value is -2.60. The summed E-state index contributed by atoms with van der Waals surface area (Å²) in [5.41, 5.74) is 3.74. The standard InChI is InChI=1S/C18H22N2O4/c1-11-7-12(2)17(13(3)8-11)20-16(21)9-15(18(22)23)19-10-14-5-4-6-24-14/h4-8,15,19H,9-10H2,1-3H3,(H,20,21)(H,22,23)/t15-/m1/s1. The van der Waals surface area contributed by atoms with Gasteiger partial charge in [0, 0.05) is 5.69 Å². The van der Waals surface area contributed by atoms with Crippen LogP contribution in [0.25, 0.3) is 0 Å². The molecule has 0 aliphatic carbocycles. The van der Waals surface area contributed by atoms with Crippen molar-refractivity contribution in [2.24, 2.45) is 0 Å². The third-order valence-electron chi connectivity index (χ3n) is 3.83. The molecule has 0 radical (unpaired) electrons. The first-order valence-electron chi connectivity index (χ1n) is 7.81. The lowest BCUT2D eigenvalue weighted by Crippen LogP contribution is -2.92. The molecule has 1 amide bonds. The first kappa shape index (κ1) is 17.7. The molecule has 0 saturated heterocycles. The summed E-state index contributed by atoms with van der Waals surface area (Å²) in [5, 5.41) is 15.6. The minimum atomic E-state index is -1.27. The summed E-state index contributed by atoms with van der Waals surface area (Å²) in [6, 6.07) is 6.46. The van der Waals surface area contributed by atoms with E-state index in [4.69, 9.17) is 4.42 Å². The Balaban J connectivity index is 1.99. The number of carbonyl (C=O) groups is 2. The van der Waals surface area contributed by atoms with E-state index >= 15 is 0 Å². The molecule has 0 fully saturated rings. The van der Waals surface area contributed by atoms with Gasteiger partial charge in [0.25, 0.3) is 0 Å². The van der Waals surface area contributed by atoms with Gasteiger partial charge in [-0.2, -0.15) is 0 Å². The van der Waals surface area contributed by atoms with Gasteiger partial charge in [-0.05, 0) is 44.0 Å². The van der Waals surface area contributed by atoms with Gasteiger partial charge < -0.3 is 25.0 Å². The number of nitrogens with two attached hydrogens (primary N) is 1. The third kappa shape index (κ3) is 4.70. The number of nitrogens with one attached hydrogen (secondary N) is 1. The highest BCUT2D eigenvalue weighted by molar-refractivity contribution is 5.94. The van der Waals surface area contributed by atoms with Crippen LogP contribution in [0.3, 0.4) is 0 Å². The first-order valence-corrected chi connectivity index (χ1v) is 7.81. The fraction of sp³-hybridized carbons (Fsp3) is 0.333. The fourth-order valence-corrected chi connectivity index (χ4v) is 2.72. The quantitative estimate of drug-likeness (QED) is 0.768. The molecule has 24 heavy (non-hydrogen) atoms. The second-order valence-electron chi connectivity index (χ2n) is 5.97. The zero-order valence-electron chi connectivity index (χ0n) is 14.1. The molecule has 0 spiro atoms. The van der Waals surface area contributed by atoms with Crippen molar-refractivity contribution in [1.82, 2.24) is 0 Å². The summed E-state index contributed by atoms with van der Waals surface area (Å²) >= 11 is 0. The molecule has 2 rings (SSSR count). The number of rotatable bonds is 7. The molecule has 0 aliphatic rings. The Morgan fingerprint density at radius 2 is 1.92 bits per heavy atom. The van der Waals surface area contributed by atoms with Gasteiger partial charge in [-0.3, -0.25) is 4.79 Å². The van der Waals surface area contributed by atoms with Crippen molar-refractivity contribution in [3.8, 4) is 0 Å². The minimum Gasteiger partial charge on any atom is -0.544 e. The van der Waals surface area contributed by atoms with E-state index in [9.17, 15) is 14.7 Å². The number of carboxylic acids is 1. The van der Waals surface area contributed by atoms with Crippen LogP contribution in [0.4, 0.5) is 5.69 Å². The van der Waals surface area contributed by atoms with E-state index in [0.717, 1.165) is 22.4 Å². The van der Waals surface area contributed by atoms with Crippen LogP contribution in [0.15, 0.2) is 34.9 Å². The smallest absolute Gasteiger partial charge is 0.230 e. The Morgan fingerprint density at radius 1 is 1.25 bits per heavy atom. The van der Waals surface area contributed by atoms with E-state index in [-0.39, 0.29) is 12.3 Å². The number of aliphatic carboxylic acids is 1. The van der Waals surface area contributed by atoms with Gasteiger partial charge in [0.05, 0.1) is 18.7 Å². The number of benzene rings is 1. The number of hydrogen-bond acceptors (Lipinski definition) is 4. The van der Waals surface area contributed by atoms with E-state index in [1.807, 2.05) is 32.9 Å². The largest absolute Gasteiger partial charge is 0.544 e. The average Bonchev–Trinajstić information content (AvgIpc) is 3.00. The average molecular weight is 330 g/mol. The van der Waals surface area contributed by atoms with Crippen molar-refractivity contribution in [2.75, 3.05) is 5.32 Å². The van der Waals surface area contributed by atoms with Gasteiger partial charge in [0.1, 0.15) is 12.6 Å². The predicted octanol–water partition coefficient (Wildman–Crippen LogP) is 0.416. The van der Waals surface area contributed by atoms with Crippen molar-refractivity contribution in [2.45, 2.75) is 39.8 Å². The second kappa shape index (κ2) is 7.79. The van der Waals surface area contributed by atoms with Gasteiger partial charge >= 0.3 is 0 Å². The molecule has 1 aromatic heterocycles. The van der Waals surface area contributed by atoms with Crippen LogP contribution in [0, 0.1) is 20.8 Å². The van der Waals surface area contributed by atoms with Crippen LogP contribution < -0.4 is 15.7 Å². The molecule has 0 unspecified atom stereocenters. The molecule has 0 saturated carbocycles. The van der Waals surface area contributed by atoms with Crippen LogP contribution in [0.1, 0.15) is 28.9 Å². The van der Waals surface area contributed by atoms with E-state index in [1.165, 1.54) is 11.6 Å². The second-order valence-corrected chi connectivity index (χ2v) is 5.97. The lowest BCUT2D eigenvalue weighted by atomic mass is 10.0. The number of amides is 1. The van der Waals surface area contributed by atoms with E-state index in [1.54, 1.807) is 12.1 Å². The zero-order chi connectivity index (χ0) is 17.7. The molecule has 0 aliphatic heterocycles. The maximum absolute atomic E-state index is 12.2. The summed E-state index contributed by atoms with van der Waals surface area (Å²) in [5.74, 6) is -0.976. The van der Waals surface area contributed by atoms with E-state index in [2.05, 4.69) is 5.32 Å². The molecule has 1 heterocycles. The van der Waals surface area contributed by atoms with Gasteiger partial charge in [-0.25, -0.2) is 0 Å². The minimum absolute atomic E-state index is 0.171. The normalized spacial score (nSPS) is 12.0. The number of carbonyl (C=O) groups excluding carboxylic acids is 2. The molecule has 1 aromatic carbocycles. The number of quaternary nitrogens is 1. The number of furan rings is 1. The van der Waals surface area contributed by atoms with Crippen molar-refractivity contribution in [3.05, 3.63) is 53.0 Å². The summed E-state index contributed by atoms with van der Waals surface area (Å²) in [4.78, 5) is 23.5. The number of aryl methyl sites for hydroxylation is 3. The fourth-order valence-electron chi connectivity index (χ4n) is 2.72. The van der Waals surface area contributed by atoms with Gasteiger partial charge in [-0.1, -0.05) is 17.7 Å². The lowest BCUT2D eigenvalue weighted by molar-refractivity contribution is -0.698. The Labute approximate surface area is 140 Å². The van der Waals surface area contributed by atoms with Gasteiger partial charge in [0.15, 0.2) is 5.76 Å². The Bertz CT molecular complexity index is 700. The molecule has 128 valence electrons. The molecule has 3 N–H and O–H groups in total. The molecule has 6 nitrogen and oxygen atoms in total. The van der Waals surface area contributed by atoms with Crippen LogP contribution in [-0.4, -0.2) is 17.9 Å². The van der Waals surface area contributed by atoms with Crippen LogP contribution >= 0.6 is 0 Å². The van der Waals surface area contributed by atoms with Gasteiger partial charge in [0.2, 0.25) is 5.91 Å². The summed E-state index contributed by atoms with van der Waals surface area (Å²) in [6.45, 7) is 6.15. The first-order chi connectivity index (χ1) is 11.4. The third-order valence-corrected chi connectivity index (χ3v) is 3.83. The maximum Gasteiger partial charge on any atom is 0.230 e. The van der Waals surface area contributed by atoms with Crippen LogP contribution in [-0.2, 0) is 16.1 Å². The summed E-state index contributed by atoms with van der Waals surface area (Å²) < 4.78 is 5.16. The van der Waals surface area contributed by atoms with Gasteiger partial charge in [-0.15, -0.1) is 0 Å². The molecule has 6 heteroatoms. The monoisotopic (exact) mass is 330 g/mol. The van der Waals surface area contributed by atoms with Crippen LogP contribution in [0.5, 0.6) is 0 Å². The number of carboxylic acid groups (broad SMARTS) is 1. The van der Waals surface area contributed by atoms with Crippen molar-refractivity contribution in [1.29, 1.82) is 0 Å². The van der Waals surface area contributed by atoms with Crippen molar-refractivity contribution >= 4 is 17.6 Å². The number of hydrogen-bond donors (Lipinski definition) is 2. The highest BCUT2D eigenvalue weighted by atomic mass is 16.4. The molecular formula is C18H22N2O4. The maximum atomic E-state index is 12.2. The predicted molar refractivity (Wildman–Crippen MR) is 87.0 cm³/mol. The van der Waals surface area contributed by atoms with E-state index in [0.29, 0.717) is 12.3 Å².